The summed E-state index contributed by atoms with van der Waals surface area (Å²) < 4.78 is 0. The average Bonchev–Trinajstić information content (AvgIpc) is 3.21. The topological polar surface area (TPSA) is 217 Å². The Balaban J connectivity index is 2.88. The third-order valence-corrected chi connectivity index (χ3v) is 4.59. The van der Waals surface area contributed by atoms with Gasteiger partial charge in [-0.1, -0.05) is 13.8 Å². The van der Waals surface area contributed by atoms with Crippen LogP contribution in [-0.2, 0) is 30.4 Å². The Morgan fingerprint density at radius 3 is 2.19 bits per heavy atom. The number of carboxylic acid groups (broad SMARTS) is 2. The van der Waals surface area contributed by atoms with Crippen LogP contribution in [0.15, 0.2) is 12.5 Å². The van der Waals surface area contributed by atoms with Crippen LogP contribution in [0.3, 0.4) is 0 Å². The second kappa shape index (κ2) is 12.4. The van der Waals surface area contributed by atoms with Crippen molar-refractivity contribution in [2.45, 2.75) is 64.2 Å². The average molecular weight is 454 g/mol. The number of carbonyl (C=O) groups is 5. The van der Waals surface area contributed by atoms with Crippen molar-refractivity contribution < 1.29 is 34.2 Å². The highest BCUT2D eigenvalue weighted by molar-refractivity contribution is 5.94. The number of nitrogens with one attached hydrogen (secondary N) is 4. The molecule has 13 nitrogen and oxygen atoms in total. The predicted octanol–water partition coefficient (Wildman–Crippen LogP) is -1.64. The number of aromatic nitrogens is 2. The van der Waals surface area contributed by atoms with Crippen molar-refractivity contribution in [3.8, 4) is 0 Å². The smallest absolute Gasteiger partial charge is 0.325 e. The van der Waals surface area contributed by atoms with Gasteiger partial charge in [-0.3, -0.25) is 24.0 Å². The fourth-order valence-corrected chi connectivity index (χ4v) is 2.70. The maximum Gasteiger partial charge on any atom is 0.325 e. The molecule has 0 aliphatic carbocycles. The lowest BCUT2D eigenvalue weighted by Crippen LogP contribution is -2.58. The molecule has 0 spiro atoms. The lowest BCUT2D eigenvalue weighted by molar-refractivity contribution is -0.142. The molecule has 0 saturated carbocycles. The number of nitrogens with two attached hydrogens (primary N) is 1. The molecule has 1 aromatic rings. The number of carboxylic acids is 2. The zero-order valence-electron chi connectivity index (χ0n) is 18.1. The van der Waals surface area contributed by atoms with Gasteiger partial charge in [0.25, 0.3) is 0 Å². The zero-order valence-corrected chi connectivity index (χ0v) is 18.1. The first-order chi connectivity index (χ1) is 14.9. The first kappa shape index (κ1) is 26.6. The lowest BCUT2D eigenvalue weighted by Gasteiger charge is -2.26. The molecule has 0 saturated heterocycles. The van der Waals surface area contributed by atoms with Gasteiger partial charge in [0.15, 0.2) is 0 Å². The summed E-state index contributed by atoms with van der Waals surface area (Å²) in [6.45, 7) is 4.55. The van der Waals surface area contributed by atoms with Gasteiger partial charge >= 0.3 is 11.9 Å². The summed E-state index contributed by atoms with van der Waals surface area (Å²) in [4.78, 5) is 66.3. The van der Waals surface area contributed by atoms with Gasteiger partial charge in [0.1, 0.15) is 18.1 Å². The number of nitrogens with zero attached hydrogens (tertiary/aromatic N) is 1. The Hall–Kier alpha value is -3.48. The van der Waals surface area contributed by atoms with Gasteiger partial charge in [-0.2, -0.15) is 0 Å². The number of aliphatic carboxylic acids is 2. The molecule has 0 aliphatic heterocycles. The molecule has 0 fully saturated rings. The molecule has 0 bridgehead atoms. The van der Waals surface area contributed by atoms with Crippen LogP contribution in [0.4, 0.5) is 0 Å². The van der Waals surface area contributed by atoms with E-state index in [1.807, 2.05) is 0 Å². The summed E-state index contributed by atoms with van der Waals surface area (Å²) >= 11 is 0. The first-order valence-electron chi connectivity index (χ1n) is 10.0. The molecule has 0 radical (unpaired) electrons. The van der Waals surface area contributed by atoms with Crippen molar-refractivity contribution >= 4 is 29.7 Å². The third kappa shape index (κ3) is 8.71. The fourth-order valence-electron chi connectivity index (χ4n) is 2.70. The molecule has 178 valence electrons. The van der Waals surface area contributed by atoms with Crippen LogP contribution in [0.25, 0.3) is 0 Å². The summed E-state index contributed by atoms with van der Waals surface area (Å²) in [5.41, 5.74) is 6.47. The van der Waals surface area contributed by atoms with E-state index in [2.05, 4.69) is 25.9 Å². The van der Waals surface area contributed by atoms with Gasteiger partial charge in [0, 0.05) is 24.7 Å². The highest BCUT2D eigenvalue weighted by atomic mass is 16.4. The highest BCUT2D eigenvalue weighted by Crippen LogP contribution is 2.06. The molecular formula is C19H30N6O7. The van der Waals surface area contributed by atoms with Crippen molar-refractivity contribution in [2.75, 3.05) is 0 Å². The largest absolute Gasteiger partial charge is 0.481 e. The predicted molar refractivity (Wildman–Crippen MR) is 111 cm³/mol. The number of aromatic amines is 1. The van der Waals surface area contributed by atoms with Crippen molar-refractivity contribution in [3.63, 3.8) is 0 Å². The van der Waals surface area contributed by atoms with Crippen molar-refractivity contribution in [1.29, 1.82) is 0 Å². The Labute approximate surface area is 184 Å². The first-order valence-corrected chi connectivity index (χ1v) is 10.0. The number of H-pyrrole nitrogens is 1. The van der Waals surface area contributed by atoms with E-state index >= 15 is 0 Å². The van der Waals surface area contributed by atoms with Gasteiger partial charge in [-0.15, -0.1) is 0 Å². The third-order valence-electron chi connectivity index (χ3n) is 4.59. The number of hydrogen-bond donors (Lipinski definition) is 7. The molecule has 8 N–H and O–H groups in total. The van der Waals surface area contributed by atoms with Crippen LogP contribution in [0.2, 0.25) is 0 Å². The van der Waals surface area contributed by atoms with Crippen LogP contribution in [0.1, 0.15) is 39.3 Å². The molecule has 1 heterocycles. The molecular weight excluding hydrogens is 424 g/mol. The van der Waals surface area contributed by atoms with Crippen LogP contribution < -0.4 is 21.7 Å². The van der Waals surface area contributed by atoms with E-state index in [0.29, 0.717) is 5.69 Å². The summed E-state index contributed by atoms with van der Waals surface area (Å²) in [5.74, 6) is -5.03. The number of rotatable bonds is 13. The van der Waals surface area contributed by atoms with Gasteiger partial charge in [0.05, 0.1) is 12.4 Å². The molecule has 32 heavy (non-hydrogen) atoms. The minimum Gasteiger partial charge on any atom is -0.481 e. The second-order valence-electron chi connectivity index (χ2n) is 7.68. The van der Waals surface area contributed by atoms with Crippen LogP contribution in [0, 0.1) is 5.92 Å². The Bertz CT molecular complexity index is 811. The number of hydrogen-bond acceptors (Lipinski definition) is 7. The minimum atomic E-state index is -1.27. The summed E-state index contributed by atoms with van der Waals surface area (Å²) in [6, 6.07) is -4.58. The molecule has 4 atom stereocenters. The lowest BCUT2D eigenvalue weighted by atomic mass is 10.0. The maximum atomic E-state index is 12.8. The van der Waals surface area contributed by atoms with E-state index in [0.717, 1.165) is 0 Å². The molecule has 13 heteroatoms. The van der Waals surface area contributed by atoms with E-state index < -0.39 is 66.2 Å². The number of amides is 3. The van der Waals surface area contributed by atoms with Crippen molar-refractivity contribution in [1.82, 2.24) is 25.9 Å². The van der Waals surface area contributed by atoms with Crippen LogP contribution in [-0.4, -0.2) is 74.0 Å². The van der Waals surface area contributed by atoms with E-state index in [1.54, 1.807) is 13.8 Å². The second-order valence-corrected chi connectivity index (χ2v) is 7.68. The van der Waals surface area contributed by atoms with E-state index in [1.165, 1.54) is 19.4 Å². The Kier molecular flexibility index (Phi) is 10.3. The van der Waals surface area contributed by atoms with Gasteiger partial charge < -0.3 is 36.9 Å². The Morgan fingerprint density at radius 1 is 1.03 bits per heavy atom. The van der Waals surface area contributed by atoms with Crippen LogP contribution >= 0.6 is 0 Å². The van der Waals surface area contributed by atoms with Gasteiger partial charge in [-0.25, -0.2) is 4.98 Å². The maximum absolute atomic E-state index is 12.8. The summed E-state index contributed by atoms with van der Waals surface area (Å²) in [6.07, 6.45) is 2.38. The summed E-state index contributed by atoms with van der Waals surface area (Å²) in [5, 5.41) is 25.1. The molecule has 1 rings (SSSR count). The SMILES string of the molecule is CC(NC(=O)C(NC(=O)C(CCC(=O)O)NC(=O)C(N)Cc1cnc[nH]1)C(C)C)C(=O)O. The van der Waals surface area contributed by atoms with Crippen LogP contribution in [0.5, 0.6) is 0 Å². The minimum absolute atomic E-state index is 0.114. The Morgan fingerprint density at radius 2 is 1.69 bits per heavy atom. The highest BCUT2D eigenvalue weighted by Gasteiger charge is 2.31. The molecule has 4 unspecified atom stereocenters. The van der Waals surface area contributed by atoms with E-state index in [-0.39, 0.29) is 12.8 Å². The fraction of sp³-hybridized carbons (Fsp3) is 0.579. The molecule has 1 aromatic heterocycles. The number of carbonyl (C=O) groups excluding carboxylic acids is 3. The standard InChI is InChI=1S/C19H30N6O7/c1-9(2)15(18(30)23-10(3)19(31)32)25-17(29)13(4-5-14(26)27)24-16(28)12(20)6-11-7-21-8-22-11/h7-10,12-13,15H,4-6,20H2,1-3H3,(H,21,22)(H,23,30)(H,24,28)(H,25,29)(H,26,27)(H,31,32). The molecule has 0 aromatic carbocycles. The quantitative estimate of drug-likeness (QED) is 0.181. The monoisotopic (exact) mass is 454 g/mol. The van der Waals surface area contributed by atoms with E-state index in [4.69, 9.17) is 15.9 Å². The van der Waals surface area contributed by atoms with Crippen molar-refractivity contribution in [2.24, 2.45) is 11.7 Å². The molecule has 0 aliphatic rings. The zero-order chi connectivity index (χ0) is 24.4. The van der Waals surface area contributed by atoms with Gasteiger partial charge in [-0.05, 0) is 19.3 Å². The van der Waals surface area contributed by atoms with Gasteiger partial charge in [0.2, 0.25) is 17.7 Å². The normalized spacial score (nSPS) is 14.7. The van der Waals surface area contributed by atoms with Crippen molar-refractivity contribution in [3.05, 3.63) is 18.2 Å². The van der Waals surface area contributed by atoms with E-state index in [9.17, 15) is 24.0 Å². The summed E-state index contributed by atoms with van der Waals surface area (Å²) in [7, 11) is 0. The number of imidazole rings is 1. The molecule has 3 amide bonds.